The third-order valence-electron chi connectivity index (χ3n) is 2.97. The van der Waals surface area contributed by atoms with Gasteiger partial charge >= 0.3 is 12.2 Å². The van der Waals surface area contributed by atoms with E-state index in [-0.39, 0.29) is 12.5 Å². The smallest absolute Gasteiger partial charge is 0.329 e. The number of alkyl halides is 3. The molecule has 3 N–H and O–H groups in total. The summed E-state index contributed by atoms with van der Waals surface area (Å²) in [6.07, 6.45) is -4.42. The fourth-order valence-corrected chi connectivity index (χ4v) is 1.87. The number of piperazine rings is 1. The second kappa shape index (κ2) is 7.44. The van der Waals surface area contributed by atoms with Gasteiger partial charge in [0.1, 0.15) is 6.54 Å². The molecule has 1 saturated heterocycles. The molecule has 0 spiro atoms. The molecule has 0 aliphatic carbocycles. The van der Waals surface area contributed by atoms with Gasteiger partial charge in [-0.1, -0.05) is 0 Å². The number of urea groups is 1. The summed E-state index contributed by atoms with van der Waals surface area (Å²) < 4.78 is 35.5. The minimum atomic E-state index is -4.49. The lowest BCUT2D eigenvalue weighted by Gasteiger charge is -2.33. The van der Waals surface area contributed by atoms with Crippen LogP contribution in [0, 0.1) is 0 Å². The standard InChI is InChI=1S/C11H19F3N4O2/c1-8-6-15-3-5-18(8)4-2-9(19)17-10(20)16-7-11(12,13)14/h8,15H,2-7H2,1H3,(H2,16,17,19,20)/t8-/m0/s1. The molecule has 6 nitrogen and oxygen atoms in total. The lowest BCUT2D eigenvalue weighted by molar-refractivity contribution is -0.124. The van der Waals surface area contributed by atoms with Crippen molar-refractivity contribution in [2.45, 2.75) is 25.6 Å². The summed E-state index contributed by atoms with van der Waals surface area (Å²) in [7, 11) is 0. The van der Waals surface area contributed by atoms with E-state index in [1.807, 2.05) is 12.2 Å². The van der Waals surface area contributed by atoms with E-state index in [1.165, 1.54) is 0 Å². The van der Waals surface area contributed by atoms with Gasteiger partial charge in [-0.15, -0.1) is 0 Å². The van der Waals surface area contributed by atoms with Crippen LogP contribution in [0.5, 0.6) is 0 Å². The molecular formula is C11H19F3N4O2. The summed E-state index contributed by atoms with van der Waals surface area (Å²) in [5, 5.41) is 6.66. The highest BCUT2D eigenvalue weighted by atomic mass is 19.4. The maximum atomic E-state index is 11.8. The van der Waals surface area contributed by atoms with Crippen LogP contribution >= 0.6 is 0 Å². The number of hydrogen-bond donors (Lipinski definition) is 3. The van der Waals surface area contributed by atoms with Crippen molar-refractivity contribution in [3.05, 3.63) is 0 Å². The van der Waals surface area contributed by atoms with Crippen LogP contribution in [0.3, 0.4) is 0 Å². The number of rotatable bonds is 4. The fourth-order valence-electron chi connectivity index (χ4n) is 1.87. The number of nitrogens with zero attached hydrogens (tertiary/aromatic N) is 1. The fraction of sp³-hybridized carbons (Fsp3) is 0.818. The topological polar surface area (TPSA) is 73.5 Å². The van der Waals surface area contributed by atoms with Crippen molar-refractivity contribution in [2.24, 2.45) is 0 Å². The Bertz CT molecular complexity index is 349. The van der Waals surface area contributed by atoms with Crippen molar-refractivity contribution in [2.75, 3.05) is 32.7 Å². The van der Waals surface area contributed by atoms with Gasteiger partial charge in [-0.05, 0) is 6.92 Å². The van der Waals surface area contributed by atoms with Crippen LogP contribution in [0.4, 0.5) is 18.0 Å². The van der Waals surface area contributed by atoms with Crippen LogP contribution in [0.2, 0.25) is 0 Å². The molecule has 1 aliphatic heterocycles. The number of amides is 3. The van der Waals surface area contributed by atoms with E-state index in [1.54, 1.807) is 5.32 Å². The molecule has 9 heteroatoms. The average Bonchev–Trinajstić information content (AvgIpc) is 2.35. The highest BCUT2D eigenvalue weighted by molar-refractivity contribution is 5.94. The van der Waals surface area contributed by atoms with Gasteiger partial charge in [0.2, 0.25) is 5.91 Å². The zero-order valence-electron chi connectivity index (χ0n) is 11.2. The Labute approximate surface area is 115 Å². The van der Waals surface area contributed by atoms with Gasteiger partial charge in [-0.3, -0.25) is 15.0 Å². The van der Waals surface area contributed by atoms with E-state index in [4.69, 9.17) is 0 Å². The third kappa shape index (κ3) is 6.71. The summed E-state index contributed by atoms with van der Waals surface area (Å²) in [4.78, 5) is 24.6. The van der Waals surface area contributed by atoms with Gasteiger partial charge < -0.3 is 10.6 Å². The van der Waals surface area contributed by atoms with Crippen molar-refractivity contribution in [1.29, 1.82) is 0 Å². The van der Waals surface area contributed by atoms with Crippen LogP contribution in [-0.4, -0.2) is 61.8 Å². The van der Waals surface area contributed by atoms with Crippen LogP contribution in [0.25, 0.3) is 0 Å². The maximum Gasteiger partial charge on any atom is 0.405 e. The number of carbonyl (C=O) groups excluding carboxylic acids is 2. The van der Waals surface area contributed by atoms with Crippen LogP contribution in [0.1, 0.15) is 13.3 Å². The van der Waals surface area contributed by atoms with Crippen molar-refractivity contribution < 1.29 is 22.8 Å². The third-order valence-corrected chi connectivity index (χ3v) is 2.97. The molecule has 1 atom stereocenters. The zero-order chi connectivity index (χ0) is 15.2. The van der Waals surface area contributed by atoms with Crippen LogP contribution in [-0.2, 0) is 4.79 Å². The molecule has 0 saturated carbocycles. The van der Waals surface area contributed by atoms with Gasteiger partial charge in [-0.25, -0.2) is 4.79 Å². The summed E-state index contributed by atoms with van der Waals surface area (Å²) in [6, 6.07) is -0.837. The SMILES string of the molecule is C[C@H]1CNCCN1CCC(=O)NC(=O)NCC(F)(F)F. The van der Waals surface area contributed by atoms with Crippen LogP contribution < -0.4 is 16.0 Å². The molecule has 1 fully saturated rings. The first-order valence-corrected chi connectivity index (χ1v) is 6.37. The van der Waals surface area contributed by atoms with E-state index in [0.29, 0.717) is 6.54 Å². The Morgan fingerprint density at radius 3 is 2.70 bits per heavy atom. The minimum Gasteiger partial charge on any atom is -0.329 e. The van der Waals surface area contributed by atoms with E-state index < -0.39 is 24.7 Å². The Hall–Kier alpha value is -1.35. The summed E-state index contributed by atoms with van der Waals surface area (Å²) in [6.45, 7) is 3.49. The predicted molar refractivity (Wildman–Crippen MR) is 66.1 cm³/mol. The van der Waals surface area contributed by atoms with Crippen LogP contribution in [0.15, 0.2) is 0 Å². The van der Waals surface area contributed by atoms with E-state index in [0.717, 1.165) is 19.6 Å². The summed E-state index contributed by atoms with van der Waals surface area (Å²) in [5.41, 5.74) is 0. The number of carbonyl (C=O) groups is 2. The van der Waals surface area contributed by atoms with Crippen molar-refractivity contribution in [3.63, 3.8) is 0 Å². The maximum absolute atomic E-state index is 11.8. The summed E-state index contributed by atoms with van der Waals surface area (Å²) in [5.74, 6) is -0.588. The van der Waals surface area contributed by atoms with Gasteiger partial charge in [0.15, 0.2) is 0 Å². The van der Waals surface area contributed by atoms with Crippen molar-refractivity contribution in [3.8, 4) is 0 Å². The van der Waals surface area contributed by atoms with Gasteiger partial charge in [0, 0.05) is 38.6 Å². The monoisotopic (exact) mass is 296 g/mol. The Morgan fingerprint density at radius 1 is 1.40 bits per heavy atom. The lowest BCUT2D eigenvalue weighted by Crippen LogP contribution is -2.51. The van der Waals surface area contributed by atoms with Gasteiger partial charge in [0.05, 0.1) is 0 Å². The second-order valence-electron chi connectivity index (χ2n) is 4.69. The quantitative estimate of drug-likeness (QED) is 0.686. The van der Waals surface area contributed by atoms with Crippen molar-refractivity contribution in [1.82, 2.24) is 20.9 Å². The second-order valence-corrected chi connectivity index (χ2v) is 4.69. The molecule has 116 valence electrons. The molecule has 0 bridgehead atoms. The Kier molecular flexibility index (Phi) is 6.21. The molecular weight excluding hydrogens is 277 g/mol. The molecule has 20 heavy (non-hydrogen) atoms. The average molecular weight is 296 g/mol. The van der Waals surface area contributed by atoms with Gasteiger partial charge in [-0.2, -0.15) is 13.2 Å². The first-order valence-electron chi connectivity index (χ1n) is 6.37. The predicted octanol–water partition coefficient (Wildman–Crippen LogP) is 0.0583. The van der Waals surface area contributed by atoms with E-state index in [9.17, 15) is 22.8 Å². The van der Waals surface area contributed by atoms with Crippen molar-refractivity contribution >= 4 is 11.9 Å². The molecule has 1 heterocycles. The molecule has 0 aromatic rings. The highest BCUT2D eigenvalue weighted by Crippen LogP contribution is 2.11. The minimum absolute atomic E-state index is 0.0732. The van der Waals surface area contributed by atoms with E-state index in [2.05, 4.69) is 10.2 Å². The molecule has 1 aliphatic rings. The molecule has 0 radical (unpaired) electrons. The molecule has 1 rings (SSSR count). The number of nitrogens with one attached hydrogen (secondary N) is 3. The molecule has 3 amide bonds. The van der Waals surface area contributed by atoms with Gasteiger partial charge in [0.25, 0.3) is 0 Å². The molecule has 0 aromatic heterocycles. The highest BCUT2D eigenvalue weighted by Gasteiger charge is 2.28. The normalized spacial score (nSPS) is 20.5. The number of halogens is 3. The summed E-state index contributed by atoms with van der Waals surface area (Å²) >= 11 is 0. The first-order chi connectivity index (χ1) is 9.28. The Morgan fingerprint density at radius 2 is 2.10 bits per heavy atom. The zero-order valence-corrected chi connectivity index (χ0v) is 11.2. The molecule has 0 aromatic carbocycles. The Balaban J connectivity index is 2.21. The number of hydrogen-bond acceptors (Lipinski definition) is 4. The number of imide groups is 1. The molecule has 0 unspecified atom stereocenters. The van der Waals surface area contributed by atoms with E-state index >= 15 is 0 Å². The largest absolute Gasteiger partial charge is 0.405 e. The lowest BCUT2D eigenvalue weighted by atomic mass is 10.2. The first kappa shape index (κ1) is 16.7.